The van der Waals surface area contributed by atoms with Gasteiger partial charge in [0.05, 0.1) is 9.21 Å². The molecule has 0 unspecified atom stereocenters. The zero-order valence-corrected chi connectivity index (χ0v) is 14.2. The molecule has 0 radical (unpaired) electrons. The van der Waals surface area contributed by atoms with Crippen molar-refractivity contribution in [3.63, 3.8) is 0 Å². The molecular weight excluding hydrogens is 322 g/mol. The maximum atomic E-state index is 12.4. The molecule has 3 rings (SSSR count). The van der Waals surface area contributed by atoms with Crippen LogP contribution in [0.1, 0.15) is 60.0 Å². The molecule has 7 heteroatoms. The quantitative estimate of drug-likeness (QED) is 0.850. The molecule has 2 aromatic heterocycles. The molecule has 0 aliphatic carbocycles. The molecule has 1 amide bonds. The minimum Gasteiger partial charge on any atom is -0.425 e. The number of carbonyl (C=O) groups is 1. The van der Waals surface area contributed by atoms with Crippen LogP contribution in [-0.4, -0.2) is 34.1 Å². The van der Waals surface area contributed by atoms with E-state index in [2.05, 4.69) is 10.2 Å². The highest BCUT2D eigenvalue weighted by atomic mass is 35.5. The molecule has 1 saturated heterocycles. The van der Waals surface area contributed by atoms with Gasteiger partial charge in [-0.1, -0.05) is 25.4 Å². The van der Waals surface area contributed by atoms with E-state index in [1.807, 2.05) is 18.7 Å². The zero-order chi connectivity index (χ0) is 15.7. The third-order valence-corrected chi connectivity index (χ3v) is 5.08. The summed E-state index contributed by atoms with van der Waals surface area (Å²) >= 11 is 7.22. The molecule has 0 N–H and O–H groups in total. The number of nitrogens with zero attached hydrogens (tertiary/aromatic N) is 3. The summed E-state index contributed by atoms with van der Waals surface area (Å²) < 4.78 is 6.37. The number of hydrogen-bond acceptors (Lipinski definition) is 5. The molecule has 1 aliphatic rings. The summed E-state index contributed by atoms with van der Waals surface area (Å²) in [7, 11) is 0. The Morgan fingerprint density at radius 1 is 1.36 bits per heavy atom. The van der Waals surface area contributed by atoms with Crippen molar-refractivity contribution in [2.24, 2.45) is 0 Å². The molecule has 5 nitrogen and oxygen atoms in total. The summed E-state index contributed by atoms with van der Waals surface area (Å²) in [6, 6.07) is 3.55. The fourth-order valence-electron chi connectivity index (χ4n) is 2.56. The largest absolute Gasteiger partial charge is 0.425 e. The Bertz CT molecular complexity index is 659. The third kappa shape index (κ3) is 3.17. The van der Waals surface area contributed by atoms with E-state index in [9.17, 15) is 4.79 Å². The Balaban J connectivity index is 1.61. The van der Waals surface area contributed by atoms with E-state index >= 15 is 0 Å². The van der Waals surface area contributed by atoms with Gasteiger partial charge in [0.15, 0.2) is 0 Å². The van der Waals surface area contributed by atoms with Gasteiger partial charge in [-0.15, -0.1) is 21.5 Å². The normalized spacial score (nSPS) is 16.5. The third-order valence-electron chi connectivity index (χ3n) is 3.87. The average molecular weight is 340 g/mol. The minimum absolute atomic E-state index is 0.0590. The van der Waals surface area contributed by atoms with Crippen molar-refractivity contribution in [3.05, 3.63) is 33.1 Å². The number of hydrogen-bond donors (Lipinski definition) is 0. The lowest BCUT2D eigenvalue weighted by Gasteiger charge is -2.30. The summed E-state index contributed by atoms with van der Waals surface area (Å²) in [5, 5.41) is 8.24. The lowest BCUT2D eigenvalue weighted by molar-refractivity contribution is 0.0711. The molecule has 118 valence electrons. The van der Waals surface area contributed by atoms with E-state index < -0.39 is 0 Å². The Labute approximate surface area is 138 Å². The highest BCUT2D eigenvalue weighted by Crippen LogP contribution is 2.30. The van der Waals surface area contributed by atoms with Crippen LogP contribution in [0.3, 0.4) is 0 Å². The molecule has 3 heterocycles. The Morgan fingerprint density at radius 3 is 2.64 bits per heavy atom. The van der Waals surface area contributed by atoms with E-state index in [0.29, 0.717) is 34.1 Å². The second-order valence-electron chi connectivity index (χ2n) is 5.80. The van der Waals surface area contributed by atoms with Crippen LogP contribution in [0.25, 0.3) is 0 Å². The summed E-state index contributed by atoms with van der Waals surface area (Å²) in [6.45, 7) is 5.48. The molecule has 22 heavy (non-hydrogen) atoms. The second-order valence-corrected chi connectivity index (χ2v) is 7.52. The van der Waals surface area contributed by atoms with Crippen molar-refractivity contribution in [1.29, 1.82) is 0 Å². The van der Waals surface area contributed by atoms with E-state index in [1.54, 1.807) is 12.1 Å². The maximum Gasteiger partial charge on any atom is 0.263 e. The monoisotopic (exact) mass is 339 g/mol. The average Bonchev–Trinajstić information content (AvgIpc) is 3.16. The number of thiophene rings is 1. The lowest BCUT2D eigenvalue weighted by atomic mass is 9.97. The van der Waals surface area contributed by atoms with Gasteiger partial charge in [0.1, 0.15) is 0 Å². The summed E-state index contributed by atoms with van der Waals surface area (Å²) in [5.74, 6) is 1.93. The lowest BCUT2D eigenvalue weighted by Crippen LogP contribution is -2.37. The highest BCUT2D eigenvalue weighted by Gasteiger charge is 2.28. The molecule has 2 aromatic rings. The van der Waals surface area contributed by atoms with Crippen LogP contribution < -0.4 is 0 Å². The molecular formula is C15H18ClN3O2S. The van der Waals surface area contributed by atoms with Crippen molar-refractivity contribution in [1.82, 2.24) is 15.1 Å². The van der Waals surface area contributed by atoms with Gasteiger partial charge < -0.3 is 9.32 Å². The molecule has 1 fully saturated rings. The fraction of sp³-hybridized carbons (Fsp3) is 0.533. The predicted octanol–water partition coefficient (Wildman–Crippen LogP) is 3.93. The molecule has 1 aliphatic heterocycles. The molecule has 0 atom stereocenters. The van der Waals surface area contributed by atoms with Crippen molar-refractivity contribution in [2.45, 2.75) is 38.5 Å². The summed E-state index contributed by atoms with van der Waals surface area (Å²) in [5.41, 5.74) is 0. The smallest absolute Gasteiger partial charge is 0.263 e. The molecule has 0 spiro atoms. The Hall–Kier alpha value is -1.40. The maximum absolute atomic E-state index is 12.4. The van der Waals surface area contributed by atoms with Crippen LogP contribution in [0.5, 0.6) is 0 Å². The van der Waals surface area contributed by atoms with Crippen LogP contribution in [0.15, 0.2) is 16.5 Å². The number of piperidine rings is 1. The van der Waals surface area contributed by atoms with Crippen molar-refractivity contribution in [2.75, 3.05) is 13.1 Å². The van der Waals surface area contributed by atoms with E-state index in [-0.39, 0.29) is 17.7 Å². The molecule has 0 bridgehead atoms. The second kappa shape index (κ2) is 6.38. The fourth-order valence-corrected chi connectivity index (χ4v) is 3.57. The van der Waals surface area contributed by atoms with Gasteiger partial charge in [-0.3, -0.25) is 4.79 Å². The first-order valence-corrected chi connectivity index (χ1v) is 8.62. The van der Waals surface area contributed by atoms with Gasteiger partial charge in [-0.25, -0.2) is 0 Å². The number of likely N-dealkylation sites (tertiary alicyclic amines) is 1. The van der Waals surface area contributed by atoms with Gasteiger partial charge in [-0.05, 0) is 25.0 Å². The van der Waals surface area contributed by atoms with Gasteiger partial charge in [-0.2, -0.15) is 0 Å². The van der Waals surface area contributed by atoms with Crippen LogP contribution in [0.4, 0.5) is 0 Å². The molecule has 0 saturated carbocycles. The van der Waals surface area contributed by atoms with Gasteiger partial charge in [0, 0.05) is 24.9 Å². The van der Waals surface area contributed by atoms with Gasteiger partial charge in [0.25, 0.3) is 5.91 Å². The minimum atomic E-state index is 0.0590. The Morgan fingerprint density at radius 2 is 2.09 bits per heavy atom. The summed E-state index contributed by atoms with van der Waals surface area (Å²) in [6.07, 6.45) is 1.70. The Kier molecular flexibility index (Phi) is 4.49. The van der Waals surface area contributed by atoms with Crippen LogP contribution in [0.2, 0.25) is 4.34 Å². The number of aromatic nitrogens is 2. The first-order chi connectivity index (χ1) is 10.5. The van der Waals surface area contributed by atoms with Crippen molar-refractivity contribution in [3.8, 4) is 0 Å². The SMILES string of the molecule is CC(C)c1nnc(C2CCN(C(=O)c3ccc(Cl)s3)CC2)o1. The van der Waals surface area contributed by atoms with Crippen LogP contribution in [-0.2, 0) is 0 Å². The highest BCUT2D eigenvalue weighted by molar-refractivity contribution is 7.17. The number of halogens is 1. The van der Waals surface area contributed by atoms with Crippen LogP contribution >= 0.6 is 22.9 Å². The van der Waals surface area contributed by atoms with Crippen molar-refractivity contribution < 1.29 is 9.21 Å². The van der Waals surface area contributed by atoms with E-state index in [0.717, 1.165) is 12.8 Å². The van der Waals surface area contributed by atoms with Gasteiger partial charge >= 0.3 is 0 Å². The van der Waals surface area contributed by atoms with Crippen LogP contribution in [0, 0.1) is 0 Å². The number of rotatable bonds is 3. The number of carbonyl (C=O) groups excluding carboxylic acids is 1. The van der Waals surface area contributed by atoms with Gasteiger partial charge in [0.2, 0.25) is 11.8 Å². The predicted molar refractivity (Wildman–Crippen MR) is 85.6 cm³/mol. The van der Waals surface area contributed by atoms with Crippen molar-refractivity contribution >= 4 is 28.8 Å². The van der Waals surface area contributed by atoms with E-state index in [4.69, 9.17) is 16.0 Å². The van der Waals surface area contributed by atoms with E-state index in [1.165, 1.54) is 11.3 Å². The molecule has 0 aromatic carbocycles. The number of amides is 1. The topological polar surface area (TPSA) is 59.2 Å². The standard InChI is InChI=1S/C15H18ClN3O2S/c1-9(2)13-17-18-14(21-13)10-5-7-19(8-6-10)15(20)11-3-4-12(16)22-11/h3-4,9-10H,5-8H2,1-2H3. The zero-order valence-electron chi connectivity index (χ0n) is 12.6. The first-order valence-electron chi connectivity index (χ1n) is 7.42. The first kappa shape index (κ1) is 15.5. The summed E-state index contributed by atoms with van der Waals surface area (Å²) in [4.78, 5) is 14.9.